The maximum Gasteiger partial charge on any atom is 0.416 e. The zero-order valence-corrected chi connectivity index (χ0v) is 11.5. The van der Waals surface area contributed by atoms with Crippen molar-refractivity contribution in [1.82, 2.24) is 10.2 Å². The summed E-state index contributed by atoms with van der Waals surface area (Å²) in [6, 6.07) is 4.24. The fourth-order valence-electron chi connectivity index (χ4n) is 2.34. The maximum absolute atomic E-state index is 12.4. The summed E-state index contributed by atoms with van der Waals surface area (Å²) in [4.78, 5) is 13.5. The van der Waals surface area contributed by atoms with Gasteiger partial charge in [0.1, 0.15) is 0 Å². The van der Waals surface area contributed by atoms with Crippen LogP contribution in [0.3, 0.4) is 0 Å². The highest BCUT2D eigenvalue weighted by Gasteiger charge is 2.32. The molecule has 1 heterocycles. The first-order chi connectivity index (χ1) is 9.79. The minimum absolute atomic E-state index is 0.0118. The third-order valence-electron chi connectivity index (χ3n) is 3.68. The van der Waals surface area contributed by atoms with Crippen molar-refractivity contribution in [3.8, 4) is 0 Å². The van der Waals surface area contributed by atoms with E-state index in [4.69, 9.17) is 0 Å². The molecule has 0 radical (unpaired) electrons. The number of likely N-dealkylation sites (N-methyl/N-ethyl adjacent to an activating group) is 1. The lowest BCUT2D eigenvalue weighted by atomic mass is 10.1. The van der Waals surface area contributed by atoms with E-state index in [0.29, 0.717) is 18.7 Å². The highest BCUT2D eigenvalue weighted by molar-refractivity contribution is 5.79. The highest BCUT2D eigenvalue weighted by Crippen LogP contribution is 2.29. The van der Waals surface area contributed by atoms with Gasteiger partial charge in [-0.3, -0.25) is 4.79 Å². The standard InChI is InChI=1S/C14H17F3N2O2/c1-19(11-7-18-8-12(11)20)13(21)6-9-2-4-10(5-3-9)14(15,16)17/h2-5,11-12,18,20H,6-8H2,1H3/t11-,12-/m0/s1. The Kier molecular flexibility index (Phi) is 4.53. The molecule has 1 aromatic carbocycles. The van der Waals surface area contributed by atoms with Gasteiger partial charge < -0.3 is 15.3 Å². The Labute approximate surface area is 120 Å². The predicted octanol–water partition coefficient (Wildman–Crippen LogP) is 1.04. The third kappa shape index (κ3) is 3.74. The largest absolute Gasteiger partial charge is 0.416 e. The molecule has 2 atom stereocenters. The van der Waals surface area contributed by atoms with Gasteiger partial charge in [0, 0.05) is 20.1 Å². The van der Waals surface area contributed by atoms with Gasteiger partial charge in [-0.15, -0.1) is 0 Å². The molecule has 1 fully saturated rings. The number of hydrogen-bond donors (Lipinski definition) is 2. The van der Waals surface area contributed by atoms with Crippen LogP contribution in [-0.4, -0.2) is 48.2 Å². The second-order valence-electron chi connectivity index (χ2n) is 5.17. The van der Waals surface area contributed by atoms with Crippen molar-refractivity contribution in [2.24, 2.45) is 0 Å². The van der Waals surface area contributed by atoms with E-state index in [9.17, 15) is 23.1 Å². The van der Waals surface area contributed by atoms with E-state index >= 15 is 0 Å². The van der Waals surface area contributed by atoms with Gasteiger partial charge in [0.05, 0.1) is 24.1 Å². The van der Waals surface area contributed by atoms with Crippen molar-refractivity contribution in [2.45, 2.75) is 24.7 Å². The number of halogens is 3. The fraction of sp³-hybridized carbons (Fsp3) is 0.500. The average molecular weight is 302 g/mol. The van der Waals surface area contributed by atoms with Crippen molar-refractivity contribution in [3.05, 3.63) is 35.4 Å². The molecule has 2 N–H and O–H groups in total. The molecule has 1 amide bonds. The molecule has 1 aromatic rings. The molecule has 116 valence electrons. The molecule has 4 nitrogen and oxygen atoms in total. The number of aliphatic hydroxyl groups excluding tert-OH is 1. The van der Waals surface area contributed by atoms with E-state index in [1.54, 1.807) is 7.05 Å². The summed E-state index contributed by atoms with van der Waals surface area (Å²) in [7, 11) is 1.59. The van der Waals surface area contributed by atoms with Crippen LogP contribution in [0.5, 0.6) is 0 Å². The lowest BCUT2D eigenvalue weighted by Gasteiger charge is -2.26. The number of nitrogens with zero attached hydrogens (tertiary/aromatic N) is 1. The van der Waals surface area contributed by atoms with Crippen LogP contribution in [-0.2, 0) is 17.4 Å². The van der Waals surface area contributed by atoms with Gasteiger partial charge in [0.2, 0.25) is 5.91 Å². The van der Waals surface area contributed by atoms with Gasteiger partial charge in [-0.25, -0.2) is 0 Å². The topological polar surface area (TPSA) is 52.6 Å². The Hall–Kier alpha value is -1.60. The van der Waals surface area contributed by atoms with Gasteiger partial charge >= 0.3 is 6.18 Å². The molecule has 1 saturated heterocycles. The molecular weight excluding hydrogens is 285 g/mol. The first-order valence-electron chi connectivity index (χ1n) is 6.59. The van der Waals surface area contributed by atoms with Crippen LogP contribution in [0.25, 0.3) is 0 Å². The van der Waals surface area contributed by atoms with Crippen LogP contribution >= 0.6 is 0 Å². The lowest BCUT2D eigenvalue weighted by Crippen LogP contribution is -2.44. The molecule has 7 heteroatoms. The maximum atomic E-state index is 12.4. The van der Waals surface area contributed by atoms with Gasteiger partial charge in [0.25, 0.3) is 0 Å². The summed E-state index contributed by atoms with van der Waals surface area (Å²) in [6.07, 6.45) is -4.98. The molecule has 21 heavy (non-hydrogen) atoms. The molecule has 0 spiro atoms. The molecule has 0 saturated carbocycles. The number of carbonyl (C=O) groups is 1. The predicted molar refractivity (Wildman–Crippen MR) is 70.6 cm³/mol. The zero-order valence-electron chi connectivity index (χ0n) is 11.5. The average Bonchev–Trinajstić information content (AvgIpc) is 2.83. The van der Waals surface area contributed by atoms with E-state index in [1.165, 1.54) is 17.0 Å². The number of nitrogens with one attached hydrogen (secondary N) is 1. The summed E-state index contributed by atoms with van der Waals surface area (Å²) in [5, 5.41) is 12.7. The van der Waals surface area contributed by atoms with Crippen LogP contribution in [0.1, 0.15) is 11.1 Å². The smallest absolute Gasteiger partial charge is 0.390 e. The van der Waals surface area contributed by atoms with E-state index < -0.39 is 17.8 Å². The SMILES string of the molecule is CN(C(=O)Cc1ccc(C(F)(F)F)cc1)[C@H]1CNC[C@@H]1O. The highest BCUT2D eigenvalue weighted by atomic mass is 19.4. The molecule has 2 rings (SSSR count). The van der Waals surface area contributed by atoms with Gasteiger partial charge in [-0.1, -0.05) is 12.1 Å². The van der Waals surface area contributed by atoms with Gasteiger partial charge in [0.15, 0.2) is 0 Å². The molecule has 0 aromatic heterocycles. The van der Waals surface area contributed by atoms with Crippen molar-refractivity contribution in [1.29, 1.82) is 0 Å². The normalized spacial score (nSPS) is 22.3. The zero-order chi connectivity index (χ0) is 15.6. The quantitative estimate of drug-likeness (QED) is 0.877. The number of benzene rings is 1. The number of rotatable bonds is 3. The Bertz CT molecular complexity index is 502. The second kappa shape index (κ2) is 6.03. The molecule has 0 unspecified atom stereocenters. The first kappa shape index (κ1) is 15.8. The minimum atomic E-state index is -4.38. The summed E-state index contributed by atoms with van der Waals surface area (Å²) < 4.78 is 37.3. The fourth-order valence-corrected chi connectivity index (χ4v) is 2.34. The first-order valence-corrected chi connectivity index (χ1v) is 6.59. The van der Waals surface area contributed by atoms with Crippen molar-refractivity contribution < 1.29 is 23.1 Å². The van der Waals surface area contributed by atoms with E-state index in [0.717, 1.165) is 12.1 Å². The summed E-state index contributed by atoms with van der Waals surface area (Å²) in [6.45, 7) is 0.943. The number of amides is 1. The number of aliphatic hydroxyl groups is 1. The van der Waals surface area contributed by atoms with Crippen LogP contribution in [0.2, 0.25) is 0 Å². The Morgan fingerprint density at radius 3 is 2.43 bits per heavy atom. The van der Waals surface area contributed by atoms with Crippen LogP contribution in [0, 0.1) is 0 Å². The number of carbonyl (C=O) groups excluding carboxylic acids is 1. The van der Waals surface area contributed by atoms with Crippen molar-refractivity contribution in [3.63, 3.8) is 0 Å². The molecule has 0 bridgehead atoms. The van der Waals surface area contributed by atoms with Crippen molar-refractivity contribution in [2.75, 3.05) is 20.1 Å². The molecule has 1 aliphatic heterocycles. The van der Waals surface area contributed by atoms with E-state index in [-0.39, 0.29) is 18.4 Å². The molecule has 1 aliphatic rings. The van der Waals surface area contributed by atoms with Crippen LogP contribution in [0.15, 0.2) is 24.3 Å². The summed E-state index contributed by atoms with van der Waals surface area (Å²) >= 11 is 0. The van der Waals surface area contributed by atoms with Crippen molar-refractivity contribution >= 4 is 5.91 Å². The summed E-state index contributed by atoms with van der Waals surface area (Å²) in [5.74, 6) is -0.234. The van der Waals surface area contributed by atoms with Crippen LogP contribution < -0.4 is 5.32 Å². The Balaban J connectivity index is 1.99. The summed E-state index contributed by atoms with van der Waals surface area (Å²) in [5.41, 5.74) is -0.220. The molecular formula is C14H17F3N2O2. The number of β-amino-alcohol motifs (C(OH)–C–C–N with tert-alkyl or cyclic N) is 1. The van der Waals surface area contributed by atoms with E-state index in [2.05, 4.69) is 5.32 Å². The van der Waals surface area contributed by atoms with Gasteiger partial charge in [-0.2, -0.15) is 13.2 Å². The Morgan fingerprint density at radius 1 is 1.33 bits per heavy atom. The number of hydrogen-bond acceptors (Lipinski definition) is 3. The lowest BCUT2D eigenvalue weighted by molar-refractivity contribution is -0.137. The third-order valence-corrected chi connectivity index (χ3v) is 3.68. The van der Waals surface area contributed by atoms with E-state index in [1.807, 2.05) is 0 Å². The Morgan fingerprint density at radius 2 is 1.95 bits per heavy atom. The monoisotopic (exact) mass is 302 g/mol. The second-order valence-corrected chi connectivity index (χ2v) is 5.17. The number of alkyl halides is 3. The minimum Gasteiger partial charge on any atom is -0.390 e. The van der Waals surface area contributed by atoms with Crippen LogP contribution in [0.4, 0.5) is 13.2 Å². The molecule has 0 aliphatic carbocycles. The van der Waals surface area contributed by atoms with Gasteiger partial charge in [-0.05, 0) is 17.7 Å².